The molecular formula is C66H113NO10. The van der Waals surface area contributed by atoms with E-state index in [2.05, 4.69) is 50.4 Å². The number of allylic oxidation sites excluding steroid dienone is 15. The Hall–Kier alpha value is -3.42. The molecule has 442 valence electrons. The van der Waals surface area contributed by atoms with Crippen LogP contribution in [0, 0.1) is 0 Å². The van der Waals surface area contributed by atoms with E-state index in [0.29, 0.717) is 12.8 Å². The van der Waals surface area contributed by atoms with Crippen LogP contribution in [0.15, 0.2) is 97.2 Å². The molecule has 0 aromatic rings. The van der Waals surface area contributed by atoms with E-state index in [0.717, 1.165) is 70.6 Å². The highest BCUT2D eigenvalue weighted by Crippen LogP contribution is 2.26. The Bertz CT molecular complexity index is 1620. The van der Waals surface area contributed by atoms with Crippen LogP contribution in [-0.2, 0) is 23.8 Å². The molecule has 0 saturated carbocycles. The summed E-state index contributed by atoms with van der Waals surface area (Å²) in [5.74, 6) is -1.25. The maximum absolute atomic E-state index is 13.4. The van der Waals surface area contributed by atoms with Gasteiger partial charge in [0.15, 0.2) is 12.4 Å². The molecule has 1 aliphatic rings. The number of esters is 1. The van der Waals surface area contributed by atoms with Gasteiger partial charge in [0.1, 0.15) is 24.4 Å². The number of carbonyl (C=O) groups excluding carboxylic acids is 2. The lowest BCUT2D eigenvalue weighted by molar-refractivity contribution is -0.305. The summed E-state index contributed by atoms with van der Waals surface area (Å²) in [5, 5.41) is 57.0. The van der Waals surface area contributed by atoms with E-state index in [4.69, 9.17) is 14.2 Å². The van der Waals surface area contributed by atoms with Crippen molar-refractivity contribution in [3.8, 4) is 0 Å². The van der Waals surface area contributed by atoms with Crippen molar-refractivity contribution in [2.45, 2.75) is 294 Å². The van der Waals surface area contributed by atoms with E-state index < -0.39 is 67.4 Å². The Morgan fingerprint density at radius 1 is 0.519 bits per heavy atom. The van der Waals surface area contributed by atoms with Crippen LogP contribution in [0.25, 0.3) is 0 Å². The molecule has 0 bridgehead atoms. The van der Waals surface area contributed by atoms with Gasteiger partial charge in [0, 0.05) is 6.42 Å². The first-order valence-electron chi connectivity index (χ1n) is 31.1. The summed E-state index contributed by atoms with van der Waals surface area (Å²) in [4.78, 5) is 26.5. The number of aliphatic hydroxyl groups excluding tert-OH is 5. The Balaban J connectivity index is 2.73. The van der Waals surface area contributed by atoms with Crippen molar-refractivity contribution in [1.29, 1.82) is 0 Å². The predicted molar refractivity (Wildman–Crippen MR) is 319 cm³/mol. The molecule has 0 aliphatic carbocycles. The van der Waals surface area contributed by atoms with Gasteiger partial charge in [-0.25, -0.2) is 0 Å². The zero-order valence-electron chi connectivity index (χ0n) is 48.8. The van der Waals surface area contributed by atoms with Gasteiger partial charge < -0.3 is 45.1 Å². The molecule has 8 unspecified atom stereocenters. The van der Waals surface area contributed by atoms with Gasteiger partial charge in [-0.1, -0.05) is 266 Å². The molecule has 0 aromatic heterocycles. The zero-order valence-corrected chi connectivity index (χ0v) is 48.8. The molecule has 1 saturated heterocycles. The van der Waals surface area contributed by atoms with E-state index in [1.165, 1.54) is 128 Å². The second-order valence-corrected chi connectivity index (χ2v) is 21.2. The quantitative estimate of drug-likeness (QED) is 0.0149. The summed E-state index contributed by atoms with van der Waals surface area (Å²) in [7, 11) is 0. The third-order valence-electron chi connectivity index (χ3n) is 14.1. The van der Waals surface area contributed by atoms with Crippen LogP contribution in [0.5, 0.6) is 0 Å². The van der Waals surface area contributed by atoms with Crippen molar-refractivity contribution >= 4 is 11.9 Å². The van der Waals surface area contributed by atoms with Crippen molar-refractivity contribution < 1.29 is 49.3 Å². The number of hydrogen-bond acceptors (Lipinski definition) is 10. The standard InChI is InChI=1S/C66H113NO10/c1-4-7-10-13-16-19-22-25-27-29-31-32-35-38-41-44-47-50-53-59(70)65(74)67-57(58(69)52-49-46-43-40-37-34-24-21-18-15-12-9-6-3)56-75-66-64(63(73)62(72)60(55-68)76-66)77-61(71)54-51-48-45-42-39-36-33-30-28-26-23-20-17-14-11-8-5-2/h8,11,14,17,20,23,25-28,30,33,36,39,49,52,57-60,62-64,66,68-70,72-73H,4-7,9-10,12-13,15-16,18-19,21-22,24,29,31-32,34-35,37-38,40-48,50-51,53-56H2,1-3H3,(H,67,74)/b11-8-,17-14+,23-20+,27-25+,28-26-,33-30+,39-36+,52-49+. The summed E-state index contributed by atoms with van der Waals surface area (Å²) in [6.45, 7) is 5.61. The SMILES string of the molecule is CC\C=C/C=C/C=C/C=C\C=C\C=C\CCCCCC(=O)OC1C(OCC(NC(=O)C(O)CCCCCCCCCC/C=C/CCCCCCCC)C(O)/C=C/CCCCCCCCCCCCC)OC(CO)C(O)C1O. The first-order valence-corrected chi connectivity index (χ1v) is 31.1. The average Bonchev–Trinajstić information content (AvgIpc) is 3.43. The summed E-state index contributed by atoms with van der Waals surface area (Å²) in [5.41, 5.74) is 0. The fourth-order valence-electron chi connectivity index (χ4n) is 9.21. The summed E-state index contributed by atoms with van der Waals surface area (Å²) >= 11 is 0. The normalized spacial score (nSPS) is 19.7. The van der Waals surface area contributed by atoms with Crippen molar-refractivity contribution in [3.05, 3.63) is 97.2 Å². The maximum atomic E-state index is 13.4. The fourth-order valence-corrected chi connectivity index (χ4v) is 9.21. The van der Waals surface area contributed by atoms with Gasteiger partial charge >= 0.3 is 5.97 Å². The minimum Gasteiger partial charge on any atom is -0.454 e. The first-order chi connectivity index (χ1) is 37.7. The lowest BCUT2D eigenvalue weighted by Crippen LogP contribution is -2.61. The molecule has 77 heavy (non-hydrogen) atoms. The highest BCUT2D eigenvalue weighted by atomic mass is 16.7. The number of amides is 1. The van der Waals surface area contributed by atoms with E-state index in [-0.39, 0.29) is 19.4 Å². The van der Waals surface area contributed by atoms with Crippen LogP contribution in [0.1, 0.15) is 245 Å². The van der Waals surface area contributed by atoms with Crippen molar-refractivity contribution in [3.63, 3.8) is 0 Å². The van der Waals surface area contributed by atoms with Gasteiger partial charge in [0.2, 0.25) is 5.91 Å². The topological polar surface area (TPSA) is 175 Å². The summed E-state index contributed by atoms with van der Waals surface area (Å²) < 4.78 is 17.6. The van der Waals surface area contributed by atoms with Gasteiger partial charge in [0.05, 0.1) is 25.4 Å². The molecule has 11 heteroatoms. The lowest BCUT2D eigenvalue weighted by Gasteiger charge is -2.41. The highest BCUT2D eigenvalue weighted by molar-refractivity contribution is 5.80. The van der Waals surface area contributed by atoms with Gasteiger partial charge in [-0.2, -0.15) is 0 Å². The number of rotatable bonds is 51. The zero-order chi connectivity index (χ0) is 56.1. The van der Waals surface area contributed by atoms with Crippen molar-refractivity contribution in [1.82, 2.24) is 5.32 Å². The second-order valence-electron chi connectivity index (χ2n) is 21.2. The fraction of sp³-hybridized carbons (Fsp3) is 0.727. The van der Waals surface area contributed by atoms with E-state index >= 15 is 0 Å². The molecule has 8 atom stereocenters. The molecule has 1 fully saturated rings. The van der Waals surface area contributed by atoms with Gasteiger partial charge in [-0.05, 0) is 70.6 Å². The number of unbranched alkanes of at least 4 members (excludes halogenated alkanes) is 28. The van der Waals surface area contributed by atoms with E-state index in [1.807, 2.05) is 66.8 Å². The molecule has 11 nitrogen and oxygen atoms in total. The number of aliphatic hydroxyl groups is 5. The Kier molecular flexibility index (Phi) is 49.5. The van der Waals surface area contributed by atoms with Gasteiger partial charge in [0.25, 0.3) is 0 Å². The third-order valence-corrected chi connectivity index (χ3v) is 14.1. The molecule has 0 radical (unpaired) electrons. The molecule has 0 spiro atoms. The molecule has 6 N–H and O–H groups in total. The van der Waals surface area contributed by atoms with E-state index in [9.17, 15) is 35.1 Å². The van der Waals surface area contributed by atoms with Crippen LogP contribution in [0.4, 0.5) is 0 Å². The molecule has 0 aromatic carbocycles. The number of ether oxygens (including phenoxy) is 3. The summed E-state index contributed by atoms with van der Waals surface area (Å²) in [6, 6.07) is -1.04. The molecule has 1 rings (SSSR count). The van der Waals surface area contributed by atoms with Crippen LogP contribution >= 0.6 is 0 Å². The largest absolute Gasteiger partial charge is 0.454 e. The first kappa shape index (κ1) is 71.6. The van der Waals surface area contributed by atoms with Crippen LogP contribution < -0.4 is 5.32 Å². The van der Waals surface area contributed by atoms with Crippen LogP contribution in [0.2, 0.25) is 0 Å². The Morgan fingerprint density at radius 3 is 1.44 bits per heavy atom. The molecule has 1 aliphatic heterocycles. The summed E-state index contributed by atoms with van der Waals surface area (Å²) in [6.07, 6.45) is 60.1. The number of nitrogens with one attached hydrogen (secondary N) is 1. The monoisotopic (exact) mass is 1080 g/mol. The Labute approximate surface area is 469 Å². The minimum absolute atomic E-state index is 0.0676. The molecule has 1 amide bonds. The third kappa shape index (κ3) is 41.3. The number of carbonyl (C=O) groups is 2. The van der Waals surface area contributed by atoms with Crippen molar-refractivity contribution in [2.24, 2.45) is 0 Å². The van der Waals surface area contributed by atoms with Gasteiger partial charge in [-0.15, -0.1) is 0 Å². The van der Waals surface area contributed by atoms with Crippen molar-refractivity contribution in [2.75, 3.05) is 13.2 Å². The van der Waals surface area contributed by atoms with E-state index in [1.54, 1.807) is 6.08 Å². The lowest BCUT2D eigenvalue weighted by atomic mass is 9.99. The van der Waals surface area contributed by atoms with Gasteiger partial charge in [-0.3, -0.25) is 9.59 Å². The van der Waals surface area contributed by atoms with Crippen LogP contribution in [-0.4, -0.2) is 99.6 Å². The second kappa shape index (κ2) is 53.2. The predicted octanol–water partition coefficient (Wildman–Crippen LogP) is 14.7. The molecule has 1 heterocycles. The Morgan fingerprint density at radius 2 is 0.948 bits per heavy atom. The van der Waals surface area contributed by atoms with Crippen LogP contribution in [0.3, 0.4) is 0 Å². The highest BCUT2D eigenvalue weighted by Gasteiger charge is 2.47. The smallest absolute Gasteiger partial charge is 0.306 e. The molecular weight excluding hydrogens is 967 g/mol. The number of hydrogen-bond donors (Lipinski definition) is 6. The maximum Gasteiger partial charge on any atom is 0.306 e. The minimum atomic E-state index is -1.64. The average molecular weight is 1080 g/mol.